The van der Waals surface area contributed by atoms with Crippen LogP contribution >= 0.6 is 11.6 Å². The minimum absolute atomic E-state index is 0.422. The fourth-order valence-corrected chi connectivity index (χ4v) is 3.83. The van der Waals surface area contributed by atoms with Crippen molar-refractivity contribution < 1.29 is 4.79 Å². The molecule has 29 heavy (non-hydrogen) atoms. The van der Waals surface area contributed by atoms with Gasteiger partial charge < -0.3 is 10.3 Å². The average molecular weight is 401 g/mol. The SMILES string of the molecule is Cc1c(C(N)=O)cc(-c2ccc(-c3ccccc3)cc2)n1Cc1cccc(Cl)c1. The van der Waals surface area contributed by atoms with Crippen molar-refractivity contribution in [3.8, 4) is 22.4 Å². The van der Waals surface area contributed by atoms with E-state index >= 15 is 0 Å². The lowest BCUT2D eigenvalue weighted by Crippen LogP contribution is -2.12. The molecule has 0 aliphatic heterocycles. The maximum atomic E-state index is 12.0. The Bertz CT molecular complexity index is 1160. The lowest BCUT2D eigenvalue weighted by Gasteiger charge is -2.13. The molecular formula is C25H21ClN2O. The lowest BCUT2D eigenvalue weighted by atomic mass is 10.0. The molecule has 0 radical (unpaired) electrons. The number of primary amides is 1. The average Bonchev–Trinajstić information content (AvgIpc) is 3.05. The number of hydrogen-bond acceptors (Lipinski definition) is 1. The first-order chi connectivity index (χ1) is 14.0. The summed E-state index contributed by atoms with van der Waals surface area (Å²) in [4.78, 5) is 12.0. The normalized spacial score (nSPS) is 10.8. The van der Waals surface area contributed by atoms with Gasteiger partial charge in [0.05, 0.1) is 5.56 Å². The highest BCUT2D eigenvalue weighted by atomic mass is 35.5. The molecule has 144 valence electrons. The van der Waals surface area contributed by atoms with E-state index in [0.717, 1.165) is 28.1 Å². The third-order valence-corrected chi connectivity index (χ3v) is 5.38. The molecule has 4 aromatic rings. The van der Waals surface area contributed by atoms with Crippen LogP contribution < -0.4 is 5.73 Å². The molecule has 0 atom stereocenters. The molecule has 0 unspecified atom stereocenters. The third kappa shape index (κ3) is 3.96. The minimum Gasteiger partial charge on any atom is -0.366 e. The van der Waals surface area contributed by atoms with Crippen molar-refractivity contribution in [3.63, 3.8) is 0 Å². The van der Waals surface area contributed by atoms with Gasteiger partial charge in [0.1, 0.15) is 0 Å². The number of carbonyl (C=O) groups excluding carboxylic acids is 1. The van der Waals surface area contributed by atoms with Crippen molar-refractivity contribution in [2.24, 2.45) is 5.73 Å². The van der Waals surface area contributed by atoms with E-state index < -0.39 is 5.91 Å². The Morgan fingerprint density at radius 2 is 1.52 bits per heavy atom. The predicted octanol–water partition coefficient (Wildman–Crippen LogP) is 5.93. The zero-order valence-electron chi connectivity index (χ0n) is 16.1. The Labute approximate surface area is 175 Å². The Hall–Kier alpha value is -3.30. The summed E-state index contributed by atoms with van der Waals surface area (Å²) in [5.74, 6) is -0.422. The first-order valence-electron chi connectivity index (χ1n) is 9.43. The van der Waals surface area contributed by atoms with Gasteiger partial charge in [0.15, 0.2) is 0 Å². The topological polar surface area (TPSA) is 48.0 Å². The molecular weight excluding hydrogens is 380 g/mol. The van der Waals surface area contributed by atoms with Crippen LogP contribution in [-0.4, -0.2) is 10.5 Å². The molecule has 0 aliphatic rings. The highest BCUT2D eigenvalue weighted by Gasteiger charge is 2.17. The Balaban J connectivity index is 1.76. The van der Waals surface area contributed by atoms with Gasteiger partial charge >= 0.3 is 0 Å². The monoisotopic (exact) mass is 400 g/mol. The van der Waals surface area contributed by atoms with Crippen molar-refractivity contribution in [1.29, 1.82) is 0 Å². The maximum absolute atomic E-state index is 12.0. The summed E-state index contributed by atoms with van der Waals surface area (Å²) in [6, 6.07) is 28.2. The van der Waals surface area contributed by atoms with Gasteiger partial charge in [0.25, 0.3) is 5.91 Å². The van der Waals surface area contributed by atoms with Gasteiger partial charge in [0.2, 0.25) is 0 Å². The van der Waals surface area contributed by atoms with Gasteiger partial charge in [-0.1, -0.05) is 78.3 Å². The van der Waals surface area contributed by atoms with Crippen LogP contribution in [0.3, 0.4) is 0 Å². The third-order valence-electron chi connectivity index (χ3n) is 5.15. The molecule has 1 amide bonds. The highest BCUT2D eigenvalue weighted by Crippen LogP contribution is 2.29. The van der Waals surface area contributed by atoms with E-state index in [1.807, 2.05) is 55.5 Å². The number of halogens is 1. The van der Waals surface area contributed by atoms with Crippen LogP contribution in [0.15, 0.2) is 84.9 Å². The fourth-order valence-electron chi connectivity index (χ4n) is 3.62. The molecule has 0 aliphatic carbocycles. The van der Waals surface area contributed by atoms with E-state index in [4.69, 9.17) is 17.3 Å². The van der Waals surface area contributed by atoms with Gasteiger partial charge in [-0.05, 0) is 47.4 Å². The smallest absolute Gasteiger partial charge is 0.250 e. The van der Waals surface area contributed by atoms with Crippen LogP contribution in [0.1, 0.15) is 21.6 Å². The minimum atomic E-state index is -0.422. The van der Waals surface area contributed by atoms with Crippen molar-refractivity contribution >= 4 is 17.5 Å². The predicted molar refractivity (Wildman–Crippen MR) is 119 cm³/mol. The number of aromatic nitrogens is 1. The van der Waals surface area contributed by atoms with Gasteiger partial charge in [-0.2, -0.15) is 0 Å². The lowest BCUT2D eigenvalue weighted by molar-refractivity contribution is 0.0999. The van der Waals surface area contributed by atoms with E-state index in [9.17, 15) is 4.79 Å². The van der Waals surface area contributed by atoms with Gasteiger partial charge in [-0.3, -0.25) is 4.79 Å². The number of hydrogen-bond donors (Lipinski definition) is 1. The number of rotatable bonds is 5. The first kappa shape index (κ1) is 19.0. The van der Waals surface area contributed by atoms with Gasteiger partial charge in [-0.25, -0.2) is 0 Å². The van der Waals surface area contributed by atoms with Gasteiger partial charge in [-0.15, -0.1) is 0 Å². The summed E-state index contributed by atoms with van der Waals surface area (Å²) >= 11 is 6.16. The van der Waals surface area contributed by atoms with E-state index in [1.54, 1.807) is 0 Å². The molecule has 3 nitrogen and oxygen atoms in total. The van der Waals surface area contributed by atoms with E-state index in [2.05, 4.69) is 41.0 Å². The van der Waals surface area contributed by atoms with E-state index in [-0.39, 0.29) is 0 Å². The number of amides is 1. The summed E-state index contributed by atoms with van der Waals surface area (Å²) in [7, 11) is 0. The number of benzene rings is 3. The molecule has 1 heterocycles. The zero-order valence-corrected chi connectivity index (χ0v) is 16.9. The van der Waals surface area contributed by atoms with Crippen molar-refractivity contribution in [1.82, 2.24) is 4.57 Å². The molecule has 3 aromatic carbocycles. The standard InChI is InChI=1S/C25H21ClN2O/c1-17-23(25(27)29)15-24(28(17)16-18-6-5-9-22(26)14-18)21-12-10-20(11-13-21)19-7-3-2-4-8-19/h2-15H,16H2,1H3,(H2,27,29). The summed E-state index contributed by atoms with van der Waals surface area (Å²) in [5.41, 5.74) is 12.4. The summed E-state index contributed by atoms with van der Waals surface area (Å²) in [5, 5.41) is 0.691. The van der Waals surface area contributed by atoms with Crippen LogP contribution in [0, 0.1) is 6.92 Å². The largest absolute Gasteiger partial charge is 0.366 e. The van der Waals surface area contributed by atoms with Crippen LogP contribution in [0.25, 0.3) is 22.4 Å². The molecule has 1 aromatic heterocycles. The molecule has 0 saturated heterocycles. The molecule has 0 bridgehead atoms. The second-order valence-corrected chi connectivity index (χ2v) is 7.49. The van der Waals surface area contributed by atoms with Crippen LogP contribution in [0.5, 0.6) is 0 Å². The van der Waals surface area contributed by atoms with Gasteiger partial charge in [0, 0.05) is 23.0 Å². The second-order valence-electron chi connectivity index (χ2n) is 7.05. The Morgan fingerprint density at radius 1 is 0.862 bits per heavy atom. The number of carbonyl (C=O) groups is 1. The maximum Gasteiger partial charge on any atom is 0.250 e. The fraction of sp³-hybridized carbons (Fsp3) is 0.0800. The van der Waals surface area contributed by atoms with Crippen LogP contribution in [0.4, 0.5) is 0 Å². The van der Waals surface area contributed by atoms with Crippen LogP contribution in [-0.2, 0) is 6.54 Å². The van der Waals surface area contributed by atoms with Crippen molar-refractivity contribution in [3.05, 3.63) is 107 Å². The molecule has 0 spiro atoms. The quantitative estimate of drug-likeness (QED) is 0.443. The molecule has 2 N–H and O–H groups in total. The number of nitrogens with two attached hydrogens (primary N) is 1. The molecule has 0 fully saturated rings. The molecule has 4 heteroatoms. The molecule has 4 rings (SSSR count). The van der Waals surface area contributed by atoms with E-state index in [0.29, 0.717) is 17.1 Å². The summed E-state index contributed by atoms with van der Waals surface area (Å²) in [6.07, 6.45) is 0. The second kappa shape index (κ2) is 7.98. The Kier molecular flexibility index (Phi) is 5.24. The Morgan fingerprint density at radius 3 is 2.17 bits per heavy atom. The van der Waals surface area contributed by atoms with Crippen LogP contribution in [0.2, 0.25) is 5.02 Å². The van der Waals surface area contributed by atoms with E-state index in [1.165, 1.54) is 5.56 Å². The highest BCUT2D eigenvalue weighted by molar-refractivity contribution is 6.30. The first-order valence-corrected chi connectivity index (χ1v) is 9.81. The van der Waals surface area contributed by atoms with Crippen molar-refractivity contribution in [2.45, 2.75) is 13.5 Å². The van der Waals surface area contributed by atoms with Crippen molar-refractivity contribution in [2.75, 3.05) is 0 Å². The summed E-state index contributed by atoms with van der Waals surface area (Å²) < 4.78 is 2.11. The summed E-state index contributed by atoms with van der Waals surface area (Å²) in [6.45, 7) is 2.53. The number of nitrogens with zero attached hydrogens (tertiary/aromatic N) is 1. The zero-order chi connectivity index (χ0) is 20.4. The molecule has 0 saturated carbocycles.